The quantitative estimate of drug-likeness (QED) is 0.713. The average Bonchev–Trinajstić information content (AvgIpc) is 2.27. The van der Waals surface area contributed by atoms with Crippen LogP contribution in [0.5, 0.6) is 5.75 Å². The van der Waals surface area contributed by atoms with E-state index in [0.717, 1.165) is 31.4 Å². The van der Waals surface area contributed by atoms with Gasteiger partial charge in [-0.15, -0.1) is 0 Å². The summed E-state index contributed by atoms with van der Waals surface area (Å²) in [5, 5.41) is 3.27. The van der Waals surface area contributed by atoms with E-state index in [4.69, 9.17) is 4.74 Å². The van der Waals surface area contributed by atoms with Crippen LogP contribution in [0, 0.1) is 0 Å². The van der Waals surface area contributed by atoms with Crippen molar-refractivity contribution in [3.63, 3.8) is 0 Å². The topological polar surface area (TPSA) is 38.3 Å². The third-order valence-corrected chi connectivity index (χ3v) is 2.62. The fraction of sp³-hybridized carbons (Fsp3) is 0.364. The molecule has 0 unspecified atom stereocenters. The van der Waals surface area contributed by atoms with Crippen LogP contribution in [0.4, 0.5) is 0 Å². The molecule has 0 fully saturated rings. The molecule has 0 bridgehead atoms. The predicted molar refractivity (Wildman–Crippen MR) is 53.8 cm³/mol. The summed E-state index contributed by atoms with van der Waals surface area (Å²) in [4.78, 5) is 11.0. The highest BCUT2D eigenvalue weighted by molar-refractivity contribution is 5.82. The van der Waals surface area contributed by atoms with E-state index < -0.39 is 0 Å². The van der Waals surface area contributed by atoms with Gasteiger partial charge in [0.05, 0.1) is 12.7 Å². The van der Waals surface area contributed by atoms with Crippen molar-refractivity contribution in [2.24, 2.45) is 0 Å². The fourth-order valence-electron chi connectivity index (χ4n) is 1.89. The summed E-state index contributed by atoms with van der Waals surface area (Å²) in [6.07, 6.45) is 1.80. The lowest BCUT2D eigenvalue weighted by atomic mass is 9.95. The van der Waals surface area contributed by atoms with E-state index >= 15 is 0 Å². The second-order valence-electron chi connectivity index (χ2n) is 3.36. The monoisotopic (exact) mass is 191 g/mol. The van der Waals surface area contributed by atoms with E-state index in [2.05, 4.69) is 5.32 Å². The van der Waals surface area contributed by atoms with Gasteiger partial charge in [-0.2, -0.15) is 0 Å². The molecule has 14 heavy (non-hydrogen) atoms. The van der Waals surface area contributed by atoms with Gasteiger partial charge in [-0.1, -0.05) is 6.07 Å². The molecule has 1 aromatic carbocycles. The van der Waals surface area contributed by atoms with E-state index in [0.29, 0.717) is 11.3 Å². The average molecular weight is 191 g/mol. The second kappa shape index (κ2) is 3.80. The minimum atomic E-state index is 0.681. The van der Waals surface area contributed by atoms with Gasteiger partial charge in [0.2, 0.25) is 0 Å². The predicted octanol–water partition coefficient (Wildman–Crippen LogP) is 1.15. The molecule has 0 atom stereocenters. The first kappa shape index (κ1) is 9.21. The maximum Gasteiger partial charge on any atom is 0.154 e. The first-order valence-corrected chi connectivity index (χ1v) is 4.71. The largest absolute Gasteiger partial charge is 0.496 e. The molecule has 1 aliphatic heterocycles. The highest BCUT2D eigenvalue weighted by Gasteiger charge is 2.15. The van der Waals surface area contributed by atoms with Crippen molar-refractivity contribution in [2.45, 2.75) is 13.0 Å². The molecule has 0 amide bonds. The number of hydrogen-bond acceptors (Lipinski definition) is 3. The zero-order chi connectivity index (χ0) is 9.97. The Kier molecular flexibility index (Phi) is 2.50. The SMILES string of the molecule is COc1ccc2c(c1C=O)CCNC2. The summed E-state index contributed by atoms with van der Waals surface area (Å²) in [6, 6.07) is 3.88. The molecule has 0 spiro atoms. The van der Waals surface area contributed by atoms with Crippen molar-refractivity contribution >= 4 is 6.29 Å². The minimum Gasteiger partial charge on any atom is -0.496 e. The number of carbonyl (C=O) groups is 1. The number of fused-ring (bicyclic) bond motifs is 1. The Balaban J connectivity index is 2.55. The van der Waals surface area contributed by atoms with E-state index in [1.54, 1.807) is 7.11 Å². The van der Waals surface area contributed by atoms with Crippen LogP contribution in [0.25, 0.3) is 0 Å². The van der Waals surface area contributed by atoms with Gasteiger partial charge >= 0.3 is 0 Å². The molecule has 1 heterocycles. The molecule has 0 aromatic heterocycles. The van der Waals surface area contributed by atoms with Crippen molar-refractivity contribution in [2.75, 3.05) is 13.7 Å². The zero-order valence-electron chi connectivity index (χ0n) is 8.17. The third kappa shape index (κ3) is 1.40. The van der Waals surface area contributed by atoms with Gasteiger partial charge in [-0.3, -0.25) is 4.79 Å². The third-order valence-electron chi connectivity index (χ3n) is 2.62. The van der Waals surface area contributed by atoms with Gasteiger partial charge in [0.1, 0.15) is 5.75 Å². The number of nitrogens with one attached hydrogen (secondary N) is 1. The Labute approximate surface area is 83.1 Å². The van der Waals surface area contributed by atoms with Gasteiger partial charge in [0, 0.05) is 6.54 Å². The highest BCUT2D eigenvalue weighted by atomic mass is 16.5. The summed E-state index contributed by atoms with van der Waals surface area (Å²) in [5.74, 6) is 0.681. The van der Waals surface area contributed by atoms with Gasteiger partial charge < -0.3 is 10.1 Å². The van der Waals surface area contributed by atoms with E-state index in [1.807, 2.05) is 12.1 Å². The molecule has 0 saturated heterocycles. The number of methoxy groups -OCH3 is 1. The van der Waals surface area contributed by atoms with Crippen molar-refractivity contribution in [1.82, 2.24) is 5.32 Å². The van der Waals surface area contributed by atoms with Gasteiger partial charge in [0.15, 0.2) is 6.29 Å². The molecular formula is C11H13NO2. The summed E-state index contributed by atoms with van der Waals surface area (Å²) in [6.45, 7) is 1.78. The normalized spacial score (nSPS) is 14.6. The maximum atomic E-state index is 11.0. The summed E-state index contributed by atoms with van der Waals surface area (Å²) in [5.41, 5.74) is 3.06. The maximum absolute atomic E-state index is 11.0. The second-order valence-corrected chi connectivity index (χ2v) is 3.36. The molecule has 1 aliphatic rings. The van der Waals surface area contributed by atoms with Crippen LogP contribution < -0.4 is 10.1 Å². The van der Waals surface area contributed by atoms with Gasteiger partial charge in [0.25, 0.3) is 0 Å². The molecule has 3 heteroatoms. The van der Waals surface area contributed by atoms with E-state index in [-0.39, 0.29) is 0 Å². The molecule has 0 aliphatic carbocycles. The van der Waals surface area contributed by atoms with Crippen LogP contribution >= 0.6 is 0 Å². The number of carbonyl (C=O) groups excluding carboxylic acids is 1. The molecule has 2 rings (SSSR count). The number of aldehydes is 1. The van der Waals surface area contributed by atoms with E-state index in [1.165, 1.54) is 5.56 Å². The Morgan fingerprint density at radius 1 is 1.50 bits per heavy atom. The summed E-state index contributed by atoms with van der Waals surface area (Å²) < 4.78 is 5.15. The summed E-state index contributed by atoms with van der Waals surface area (Å²) in [7, 11) is 1.59. The number of rotatable bonds is 2. The lowest BCUT2D eigenvalue weighted by Crippen LogP contribution is -2.24. The van der Waals surface area contributed by atoms with Crippen LogP contribution in [0.15, 0.2) is 12.1 Å². The van der Waals surface area contributed by atoms with E-state index in [9.17, 15) is 4.79 Å². The van der Waals surface area contributed by atoms with Crippen molar-refractivity contribution in [1.29, 1.82) is 0 Å². The Bertz CT molecular complexity index is 361. The first-order chi connectivity index (χ1) is 6.86. The van der Waals surface area contributed by atoms with Gasteiger partial charge in [-0.25, -0.2) is 0 Å². The zero-order valence-corrected chi connectivity index (χ0v) is 8.17. The molecule has 3 nitrogen and oxygen atoms in total. The van der Waals surface area contributed by atoms with Crippen LogP contribution in [-0.2, 0) is 13.0 Å². The molecule has 74 valence electrons. The molecule has 1 N–H and O–H groups in total. The lowest BCUT2D eigenvalue weighted by Gasteiger charge is -2.19. The number of hydrogen-bond donors (Lipinski definition) is 1. The van der Waals surface area contributed by atoms with Crippen molar-refractivity contribution in [3.8, 4) is 5.75 Å². The fourth-order valence-corrected chi connectivity index (χ4v) is 1.89. The van der Waals surface area contributed by atoms with Gasteiger partial charge in [-0.05, 0) is 30.2 Å². The van der Waals surface area contributed by atoms with Crippen LogP contribution in [0.3, 0.4) is 0 Å². The Hall–Kier alpha value is -1.35. The Morgan fingerprint density at radius 2 is 2.36 bits per heavy atom. The van der Waals surface area contributed by atoms with Crippen LogP contribution in [0.2, 0.25) is 0 Å². The summed E-state index contributed by atoms with van der Waals surface area (Å²) >= 11 is 0. The number of benzene rings is 1. The standard InChI is InChI=1S/C11H13NO2/c1-14-11-3-2-8-6-12-5-4-9(8)10(11)7-13/h2-3,7,12H,4-6H2,1H3. The van der Waals surface area contributed by atoms with Crippen LogP contribution in [0.1, 0.15) is 21.5 Å². The molecule has 0 radical (unpaired) electrons. The smallest absolute Gasteiger partial charge is 0.154 e. The Morgan fingerprint density at radius 3 is 3.07 bits per heavy atom. The molecule has 1 aromatic rings. The first-order valence-electron chi connectivity index (χ1n) is 4.71. The molecule has 0 saturated carbocycles. The van der Waals surface area contributed by atoms with Crippen molar-refractivity contribution < 1.29 is 9.53 Å². The lowest BCUT2D eigenvalue weighted by molar-refractivity contribution is 0.111. The van der Waals surface area contributed by atoms with Crippen molar-refractivity contribution in [3.05, 3.63) is 28.8 Å². The minimum absolute atomic E-state index is 0.681. The van der Waals surface area contributed by atoms with Crippen LogP contribution in [-0.4, -0.2) is 19.9 Å². The highest BCUT2D eigenvalue weighted by Crippen LogP contribution is 2.25. The number of ether oxygens (including phenoxy) is 1. The molecular weight excluding hydrogens is 178 g/mol.